The minimum absolute atomic E-state index is 0.0432. The van der Waals surface area contributed by atoms with Crippen molar-refractivity contribution in [2.75, 3.05) is 13.6 Å². The molecule has 0 heterocycles. The van der Waals surface area contributed by atoms with E-state index in [1.54, 1.807) is 7.05 Å². The van der Waals surface area contributed by atoms with E-state index in [9.17, 15) is 9.59 Å². The van der Waals surface area contributed by atoms with Crippen LogP contribution in [0.1, 0.15) is 46.0 Å². The summed E-state index contributed by atoms with van der Waals surface area (Å²) in [6.07, 6.45) is 4.36. The van der Waals surface area contributed by atoms with Gasteiger partial charge >= 0.3 is 0 Å². The third-order valence-corrected chi connectivity index (χ3v) is 3.36. The molecule has 1 aliphatic rings. The Bertz CT molecular complexity index is 309. The van der Waals surface area contributed by atoms with E-state index >= 15 is 0 Å². The van der Waals surface area contributed by atoms with Gasteiger partial charge in [-0.2, -0.15) is 0 Å². The molecule has 5 nitrogen and oxygen atoms in total. The van der Waals surface area contributed by atoms with Gasteiger partial charge in [-0.05, 0) is 26.7 Å². The van der Waals surface area contributed by atoms with Crippen LogP contribution in [-0.4, -0.2) is 41.9 Å². The van der Waals surface area contributed by atoms with Crippen LogP contribution in [0, 0.1) is 0 Å². The van der Waals surface area contributed by atoms with Gasteiger partial charge in [-0.15, -0.1) is 0 Å². The van der Waals surface area contributed by atoms with Crippen LogP contribution in [0.15, 0.2) is 0 Å². The van der Waals surface area contributed by atoms with Crippen molar-refractivity contribution in [2.45, 2.75) is 57.5 Å². The minimum Gasteiger partial charge on any atom is -0.352 e. The Labute approximate surface area is 109 Å². The second-order valence-electron chi connectivity index (χ2n) is 5.72. The first-order chi connectivity index (χ1) is 8.32. The summed E-state index contributed by atoms with van der Waals surface area (Å²) >= 11 is 0. The van der Waals surface area contributed by atoms with Crippen LogP contribution >= 0.6 is 0 Å². The lowest BCUT2D eigenvalue weighted by Gasteiger charge is -2.26. The number of carbonyl (C=O) groups excluding carboxylic acids is 2. The molecule has 0 unspecified atom stereocenters. The van der Waals surface area contributed by atoms with Crippen molar-refractivity contribution >= 4 is 11.8 Å². The van der Waals surface area contributed by atoms with Crippen LogP contribution in [0.5, 0.6) is 0 Å². The molecular weight excluding hydrogens is 230 g/mol. The molecule has 1 saturated carbocycles. The quantitative estimate of drug-likeness (QED) is 0.756. The Kier molecular flexibility index (Phi) is 5.14. The first kappa shape index (κ1) is 15.0. The molecule has 0 aromatic rings. The molecule has 1 aliphatic carbocycles. The van der Waals surface area contributed by atoms with Gasteiger partial charge in [-0.3, -0.25) is 9.59 Å². The van der Waals surface area contributed by atoms with E-state index in [0.29, 0.717) is 6.42 Å². The molecule has 0 aromatic carbocycles. The number of carbonyl (C=O) groups is 2. The van der Waals surface area contributed by atoms with Crippen LogP contribution in [0.3, 0.4) is 0 Å². The summed E-state index contributed by atoms with van der Waals surface area (Å²) in [5, 5.41) is 2.77. The normalized spacial score (nSPS) is 17.8. The largest absolute Gasteiger partial charge is 0.352 e. The lowest BCUT2D eigenvalue weighted by atomic mass is 9.94. The number of nitrogens with zero attached hydrogens (tertiary/aromatic N) is 1. The Hall–Kier alpha value is -1.10. The second-order valence-corrected chi connectivity index (χ2v) is 5.72. The van der Waals surface area contributed by atoms with Crippen LogP contribution in [0.2, 0.25) is 0 Å². The summed E-state index contributed by atoms with van der Waals surface area (Å²) in [4.78, 5) is 25.0. The average molecular weight is 255 g/mol. The van der Waals surface area contributed by atoms with Crippen molar-refractivity contribution in [1.82, 2.24) is 10.2 Å². The summed E-state index contributed by atoms with van der Waals surface area (Å²) in [5.74, 6) is -0.170. The highest BCUT2D eigenvalue weighted by molar-refractivity contribution is 5.85. The summed E-state index contributed by atoms with van der Waals surface area (Å²) in [6, 6.07) is 0.0942. The maximum Gasteiger partial charge on any atom is 0.239 e. The van der Waals surface area contributed by atoms with E-state index in [1.807, 2.05) is 13.8 Å². The van der Waals surface area contributed by atoms with Crippen molar-refractivity contribution in [3.05, 3.63) is 0 Å². The number of hydrogen-bond acceptors (Lipinski definition) is 3. The molecule has 0 aliphatic heterocycles. The SMILES string of the molecule is CC(C)NC(=O)CN(C)C(=O)CC1(N)CCCC1. The molecule has 104 valence electrons. The highest BCUT2D eigenvalue weighted by Gasteiger charge is 2.32. The zero-order valence-electron chi connectivity index (χ0n) is 11.7. The van der Waals surface area contributed by atoms with Crippen LogP contribution in [0.25, 0.3) is 0 Å². The van der Waals surface area contributed by atoms with E-state index in [-0.39, 0.29) is 29.9 Å². The summed E-state index contributed by atoms with van der Waals surface area (Å²) < 4.78 is 0. The van der Waals surface area contributed by atoms with Gasteiger partial charge in [0.05, 0.1) is 6.54 Å². The van der Waals surface area contributed by atoms with Crippen molar-refractivity contribution in [3.8, 4) is 0 Å². The summed E-state index contributed by atoms with van der Waals surface area (Å²) in [5.41, 5.74) is 5.81. The smallest absolute Gasteiger partial charge is 0.239 e. The lowest BCUT2D eigenvalue weighted by molar-refractivity contribution is -0.135. The molecule has 0 spiro atoms. The highest BCUT2D eigenvalue weighted by Crippen LogP contribution is 2.30. The molecular formula is C13H25N3O2. The van der Waals surface area contributed by atoms with Gasteiger partial charge in [-0.25, -0.2) is 0 Å². The summed E-state index contributed by atoms with van der Waals surface area (Å²) in [7, 11) is 1.65. The predicted octanol–water partition coefficient (Wildman–Crippen LogP) is 0.631. The molecule has 1 fully saturated rings. The van der Waals surface area contributed by atoms with E-state index < -0.39 is 0 Å². The van der Waals surface area contributed by atoms with Gasteiger partial charge in [0.25, 0.3) is 0 Å². The topological polar surface area (TPSA) is 75.4 Å². The lowest BCUT2D eigenvalue weighted by Crippen LogP contribution is -2.45. The van der Waals surface area contributed by atoms with Crippen LogP contribution < -0.4 is 11.1 Å². The summed E-state index contributed by atoms with van der Waals surface area (Å²) in [6.45, 7) is 3.90. The third-order valence-electron chi connectivity index (χ3n) is 3.36. The number of hydrogen-bond donors (Lipinski definition) is 2. The molecule has 0 bridgehead atoms. The molecule has 3 N–H and O–H groups in total. The number of rotatable bonds is 5. The first-order valence-corrected chi connectivity index (χ1v) is 6.65. The van der Waals surface area contributed by atoms with E-state index in [1.165, 1.54) is 4.90 Å². The molecule has 0 saturated heterocycles. The molecule has 18 heavy (non-hydrogen) atoms. The van der Waals surface area contributed by atoms with Crippen LogP contribution in [0.4, 0.5) is 0 Å². The van der Waals surface area contributed by atoms with Crippen molar-refractivity contribution in [2.24, 2.45) is 5.73 Å². The fraction of sp³-hybridized carbons (Fsp3) is 0.846. The zero-order valence-corrected chi connectivity index (χ0v) is 11.7. The molecule has 0 aromatic heterocycles. The van der Waals surface area contributed by atoms with Gasteiger partial charge in [0, 0.05) is 25.0 Å². The number of nitrogens with two attached hydrogens (primary N) is 1. The number of nitrogens with one attached hydrogen (secondary N) is 1. The zero-order chi connectivity index (χ0) is 13.8. The van der Waals surface area contributed by atoms with Gasteiger partial charge in [0.15, 0.2) is 0 Å². The Morgan fingerprint density at radius 1 is 1.33 bits per heavy atom. The van der Waals surface area contributed by atoms with Gasteiger partial charge in [-0.1, -0.05) is 12.8 Å². The first-order valence-electron chi connectivity index (χ1n) is 6.65. The molecule has 0 radical (unpaired) electrons. The second kappa shape index (κ2) is 6.18. The standard InChI is InChI=1S/C13H25N3O2/c1-10(2)15-11(17)9-16(3)12(18)8-13(14)6-4-5-7-13/h10H,4-9,14H2,1-3H3,(H,15,17). The Balaban J connectivity index is 2.39. The monoisotopic (exact) mass is 255 g/mol. The molecule has 1 rings (SSSR count). The number of likely N-dealkylation sites (N-methyl/N-ethyl adjacent to an activating group) is 1. The van der Waals surface area contributed by atoms with Gasteiger partial charge < -0.3 is 16.0 Å². The Morgan fingerprint density at radius 3 is 2.39 bits per heavy atom. The maximum absolute atomic E-state index is 12.0. The molecule has 2 amide bonds. The molecule has 0 atom stereocenters. The van der Waals surface area contributed by atoms with Crippen LogP contribution in [-0.2, 0) is 9.59 Å². The van der Waals surface area contributed by atoms with Crippen molar-refractivity contribution < 1.29 is 9.59 Å². The van der Waals surface area contributed by atoms with Gasteiger partial charge in [0.1, 0.15) is 0 Å². The van der Waals surface area contributed by atoms with Crippen molar-refractivity contribution in [3.63, 3.8) is 0 Å². The fourth-order valence-corrected chi connectivity index (χ4v) is 2.36. The molecule has 5 heteroatoms. The van der Waals surface area contributed by atoms with E-state index in [0.717, 1.165) is 25.7 Å². The van der Waals surface area contributed by atoms with Gasteiger partial charge in [0.2, 0.25) is 11.8 Å². The highest BCUT2D eigenvalue weighted by atomic mass is 16.2. The fourth-order valence-electron chi connectivity index (χ4n) is 2.36. The number of amides is 2. The van der Waals surface area contributed by atoms with Crippen molar-refractivity contribution in [1.29, 1.82) is 0 Å². The van der Waals surface area contributed by atoms with E-state index in [2.05, 4.69) is 5.32 Å². The Morgan fingerprint density at radius 2 is 1.89 bits per heavy atom. The maximum atomic E-state index is 12.0. The van der Waals surface area contributed by atoms with E-state index in [4.69, 9.17) is 5.73 Å². The minimum atomic E-state index is -0.347. The average Bonchev–Trinajstić information content (AvgIpc) is 2.63. The third kappa shape index (κ3) is 4.64. The predicted molar refractivity (Wildman–Crippen MR) is 70.9 cm³/mol.